The van der Waals surface area contributed by atoms with Gasteiger partial charge in [0.15, 0.2) is 0 Å². The van der Waals surface area contributed by atoms with Crippen molar-refractivity contribution in [3.63, 3.8) is 0 Å². The molecule has 1 aliphatic rings. The molecule has 1 rings (SSSR count). The van der Waals surface area contributed by atoms with Gasteiger partial charge in [-0.25, -0.2) is 0 Å². The van der Waals surface area contributed by atoms with E-state index in [1.54, 1.807) is 0 Å². The van der Waals surface area contributed by atoms with E-state index in [-0.39, 0.29) is 26.1 Å². The molecule has 0 atom stereocenters. The topological polar surface area (TPSA) is 139 Å². The third-order valence-electron chi connectivity index (χ3n) is 2.37. The Hall–Kier alpha value is -2.71. The minimum absolute atomic E-state index is 0.0561. The third kappa shape index (κ3) is 4.88. The van der Waals surface area contributed by atoms with Crippen molar-refractivity contribution < 1.29 is 24.0 Å². The highest BCUT2D eigenvalue weighted by Gasteiger charge is 2.23. The highest BCUT2D eigenvalue weighted by atomic mass is 16.2. The molecule has 0 saturated carbocycles. The average molecular weight is 282 g/mol. The average Bonchev–Trinajstić information content (AvgIpc) is 2.71. The second kappa shape index (κ2) is 7.02. The zero-order valence-corrected chi connectivity index (χ0v) is 10.5. The van der Waals surface area contributed by atoms with E-state index in [4.69, 9.17) is 5.73 Å². The summed E-state index contributed by atoms with van der Waals surface area (Å²) in [6, 6.07) is 0. The van der Waals surface area contributed by atoms with Crippen LogP contribution in [0.5, 0.6) is 0 Å². The molecule has 0 bridgehead atoms. The summed E-state index contributed by atoms with van der Waals surface area (Å²) in [5.41, 5.74) is 4.82. The number of carbonyl (C=O) groups is 5. The van der Waals surface area contributed by atoms with Gasteiger partial charge in [-0.3, -0.25) is 28.9 Å². The molecule has 0 aromatic carbocycles. The lowest BCUT2D eigenvalue weighted by Crippen LogP contribution is -2.41. The van der Waals surface area contributed by atoms with Crippen LogP contribution in [0.4, 0.5) is 0 Å². The summed E-state index contributed by atoms with van der Waals surface area (Å²) < 4.78 is 0. The fourth-order valence-corrected chi connectivity index (χ4v) is 1.38. The number of nitrogens with zero attached hydrogens (tertiary/aromatic N) is 1. The van der Waals surface area contributed by atoms with Crippen molar-refractivity contribution in [2.24, 2.45) is 5.73 Å². The second-order valence-electron chi connectivity index (χ2n) is 3.93. The standard InChI is InChI=1S/C11H14N4O5/c12-7(16)5-13-9(18)6-14-8(17)3-4-15-10(19)1-2-11(15)20/h1-2H,3-6H2,(H2,12,16)(H,13,18)(H,14,17). The monoisotopic (exact) mass is 282 g/mol. The molecule has 108 valence electrons. The van der Waals surface area contributed by atoms with Gasteiger partial charge in [0.25, 0.3) is 11.8 Å². The summed E-state index contributed by atoms with van der Waals surface area (Å²) in [4.78, 5) is 56.3. The lowest BCUT2D eigenvalue weighted by atomic mass is 10.3. The first-order chi connectivity index (χ1) is 9.40. The van der Waals surface area contributed by atoms with Crippen LogP contribution in [0.15, 0.2) is 12.2 Å². The van der Waals surface area contributed by atoms with Crippen molar-refractivity contribution in [1.29, 1.82) is 0 Å². The third-order valence-corrected chi connectivity index (χ3v) is 2.37. The van der Waals surface area contributed by atoms with Crippen LogP contribution in [0.25, 0.3) is 0 Å². The second-order valence-corrected chi connectivity index (χ2v) is 3.93. The number of imide groups is 1. The summed E-state index contributed by atoms with van der Waals surface area (Å²) in [5.74, 6) is -2.69. The molecule has 0 unspecified atom stereocenters. The van der Waals surface area contributed by atoms with Gasteiger partial charge in [0, 0.05) is 25.1 Å². The van der Waals surface area contributed by atoms with Crippen LogP contribution in [-0.2, 0) is 24.0 Å². The molecule has 0 aromatic heterocycles. The van der Waals surface area contributed by atoms with Gasteiger partial charge in [0.2, 0.25) is 17.7 Å². The van der Waals surface area contributed by atoms with E-state index < -0.39 is 29.5 Å². The predicted octanol–water partition coefficient (Wildman–Crippen LogP) is -2.98. The fraction of sp³-hybridized carbons (Fsp3) is 0.364. The molecule has 0 aliphatic carbocycles. The van der Waals surface area contributed by atoms with Crippen molar-refractivity contribution in [2.45, 2.75) is 6.42 Å². The Morgan fingerprint density at radius 2 is 1.55 bits per heavy atom. The first-order valence-electron chi connectivity index (χ1n) is 5.75. The molecule has 9 heteroatoms. The van der Waals surface area contributed by atoms with Gasteiger partial charge in [0.05, 0.1) is 13.1 Å². The van der Waals surface area contributed by atoms with Crippen molar-refractivity contribution in [1.82, 2.24) is 15.5 Å². The number of carbonyl (C=O) groups excluding carboxylic acids is 5. The predicted molar refractivity (Wildman–Crippen MR) is 65.7 cm³/mol. The van der Waals surface area contributed by atoms with Crippen molar-refractivity contribution >= 4 is 29.5 Å². The van der Waals surface area contributed by atoms with E-state index in [1.807, 2.05) is 0 Å². The van der Waals surface area contributed by atoms with Crippen LogP contribution in [0.3, 0.4) is 0 Å². The molecular formula is C11H14N4O5. The number of nitrogens with two attached hydrogens (primary N) is 1. The van der Waals surface area contributed by atoms with Gasteiger partial charge in [0.1, 0.15) is 0 Å². The number of amides is 5. The molecule has 5 amide bonds. The largest absolute Gasteiger partial charge is 0.368 e. The summed E-state index contributed by atoms with van der Waals surface area (Å²) in [6.45, 7) is -0.678. The molecule has 0 fully saturated rings. The number of hydrogen-bond donors (Lipinski definition) is 3. The molecule has 0 spiro atoms. The molecule has 0 aromatic rings. The van der Waals surface area contributed by atoms with Crippen LogP contribution in [0.2, 0.25) is 0 Å². The van der Waals surface area contributed by atoms with Gasteiger partial charge < -0.3 is 16.4 Å². The number of hydrogen-bond acceptors (Lipinski definition) is 5. The Bertz CT molecular complexity index is 467. The quantitative estimate of drug-likeness (QED) is 0.428. The van der Waals surface area contributed by atoms with Gasteiger partial charge in [-0.05, 0) is 0 Å². The van der Waals surface area contributed by atoms with E-state index >= 15 is 0 Å². The van der Waals surface area contributed by atoms with Gasteiger partial charge in [-0.15, -0.1) is 0 Å². The highest BCUT2D eigenvalue weighted by Crippen LogP contribution is 2.03. The van der Waals surface area contributed by atoms with E-state index in [2.05, 4.69) is 10.6 Å². The lowest BCUT2D eigenvalue weighted by Gasteiger charge is -2.13. The Labute approximate surface area is 114 Å². The highest BCUT2D eigenvalue weighted by molar-refractivity contribution is 6.13. The van der Waals surface area contributed by atoms with Crippen LogP contribution in [0.1, 0.15) is 6.42 Å². The van der Waals surface area contributed by atoms with Crippen molar-refractivity contribution in [3.05, 3.63) is 12.2 Å². The molecule has 9 nitrogen and oxygen atoms in total. The zero-order chi connectivity index (χ0) is 15.1. The maximum Gasteiger partial charge on any atom is 0.253 e. The number of primary amides is 1. The van der Waals surface area contributed by atoms with Crippen LogP contribution >= 0.6 is 0 Å². The Morgan fingerprint density at radius 1 is 1.00 bits per heavy atom. The first kappa shape index (κ1) is 15.3. The summed E-state index contributed by atoms with van der Waals surface area (Å²) in [5, 5.41) is 4.48. The molecule has 0 saturated heterocycles. The summed E-state index contributed by atoms with van der Waals surface area (Å²) in [7, 11) is 0. The molecule has 20 heavy (non-hydrogen) atoms. The van der Waals surface area contributed by atoms with Gasteiger partial charge in [-0.2, -0.15) is 0 Å². The molecule has 4 N–H and O–H groups in total. The van der Waals surface area contributed by atoms with Crippen molar-refractivity contribution in [3.8, 4) is 0 Å². The fourth-order valence-electron chi connectivity index (χ4n) is 1.38. The molecule has 0 radical (unpaired) electrons. The van der Waals surface area contributed by atoms with Crippen LogP contribution in [0, 0.1) is 0 Å². The first-order valence-corrected chi connectivity index (χ1v) is 5.75. The SMILES string of the molecule is NC(=O)CNC(=O)CNC(=O)CCN1C(=O)C=CC1=O. The minimum atomic E-state index is -0.691. The van der Waals surface area contributed by atoms with Crippen LogP contribution in [-0.4, -0.2) is 54.1 Å². The Morgan fingerprint density at radius 3 is 2.10 bits per heavy atom. The van der Waals surface area contributed by atoms with E-state index in [0.717, 1.165) is 17.1 Å². The smallest absolute Gasteiger partial charge is 0.253 e. The maximum atomic E-state index is 11.4. The summed E-state index contributed by atoms with van der Waals surface area (Å²) in [6.07, 6.45) is 2.14. The van der Waals surface area contributed by atoms with Gasteiger partial charge in [-0.1, -0.05) is 0 Å². The number of nitrogens with one attached hydrogen (secondary N) is 2. The lowest BCUT2D eigenvalue weighted by molar-refractivity contribution is -0.137. The molecular weight excluding hydrogens is 268 g/mol. The normalized spacial score (nSPS) is 13.5. The number of rotatable bonds is 7. The minimum Gasteiger partial charge on any atom is -0.368 e. The van der Waals surface area contributed by atoms with Gasteiger partial charge >= 0.3 is 0 Å². The Balaban J connectivity index is 2.21. The Kier molecular flexibility index (Phi) is 5.39. The summed E-state index contributed by atoms with van der Waals surface area (Å²) >= 11 is 0. The van der Waals surface area contributed by atoms with E-state index in [1.165, 1.54) is 0 Å². The molecule has 1 aliphatic heterocycles. The molecule has 1 heterocycles. The van der Waals surface area contributed by atoms with E-state index in [0.29, 0.717) is 0 Å². The zero-order valence-electron chi connectivity index (χ0n) is 10.5. The maximum absolute atomic E-state index is 11.4. The van der Waals surface area contributed by atoms with Crippen molar-refractivity contribution in [2.75, 3.05) is 19.6 Å². The van der Waals surface area contributed by atoms with E-state index in [9.17, 15) is 24.0 Å². The van der Waals surface area contributed by atoms with Crippen LogP contribution < -0.4 is 16.4 Å².